The summed E-state index contributed by atoms with van der Waals surface area (Å²) in [5.74, 6) is 1.93. The maximum atomic E-state index is 5.58. The Kier molecular flexibility index (Phi) is 5.68. The van der Waals surface area contributed by atoms with Gasteiger partial charge in [0.25, 0.3) is 0 Å². The Labute approximate surface area is 181 Å². The Hall–Kier alpha value is -2.45. The number of hydrogen-bond acceptors (Lipinski definition) is 7. The van der Waals surface area contributed by atoms with E-state index in [9.17, 15) is 0 Å². The van der Waals surface area contributed by atoms with Gasteiger partial charge in [-0.3, -0.25) is 4.90 Å². The lowest BCUT2D eigenvalue weighted by molar-refractivity contribution is 0.200. The van der Waals surface area contributed by atoms with Crippen LogP contribution >= 0.6 is 11.3 Å². The smallest absolute Gasteiger partial charge is 0.174 e. The normalized spacial score (nSPS) is 19.3. The summed E-state index contributed by atoms with van der Waals surface area (Å²) in [6.07, 6.45) is 4.89. The van der Waals surface area contributed by atoms with Crippen molar-refractivity contribution in [3.63, 3.8) is 0 Å². The number of para-hydroxylation sites is 2. The zero-order valence-electron chi connectivity index (χ0n) is 17.4. The highest BCUT2D eigenvalue weighted by Gasteiger charge is 2.33. The fraction of sp³-hybridized carbons (Fsp3) is 0.500. The van der Waals surface area contributed by atoms with E-state index in [0.717, 1.165) is 37.8 Å². The second kappa shape index (κ2) is 8.73. The maximum Gasteiger partial charge on any atom is 0.174 e. The standard InChI is InChI=1S/C22H28N6OS/c1-29-19-10-5-4-9-18(19)26-12-14-27(15-13-26)21(20-11-6-16-30-20)22-23-24-25-28(22)17-7-2-3-8-17/h4-6,9-11,16-17,21H,2-3,7-8,12-15H2,1H3/t21-/m1/s1. The van der Waals surface area contributed by atoms with E-state index in [-0.39, 0.29) is 6.04 Å². The van der Waals surface area contributed by atoms with Crippen molar-refractivity contribution >= 4 is 17.0 Å². The molecule has 3 heterocycles. The van der Waals surface area contributed by atoms with Gasteiger partial charge in [0.2, 0.25) is 0 Å². The summed E-state index contributed by atoms with van der Waals surface area (Å²) < 4.78 is 7.69. The van der Waals surface area contributed by atoms with Crippen molar-refractivity contribution in [2.75, 3.05) is 38.2 Å². The van der Waals surface area contributed by atoms with E-state index in [0.29, 0.717) is 6.04 Å². The van der Waals surface area contributed by atoms with Crippen molar-refractivity contribution in [1.82, 2.24) is 25.1 Å². The summed E-state index contributed by atoms with van der Waals surface area (Å²) in [5.41, 5.74) is 1.17. The number of anilines is 1. The van der Waals surface area contributed by atoms with Crippen molar-refractivity contribution in [1.29, 1.82) is 0 Å². The third-order valence-corrected chi connectivity index (χ3v) is 7.28. The van der Waals surface area contributed by atoms with Crippen molar-refractivity contribution in [2.24, 2.45) is 0 Å². The van der Waals surface area contributed by atoms with E-state index < -0.39 is 0 Å². The van der Waals surface area contributed by atoms with Crippen molar-refractivity contribution in [2.45, 2.75) is 37.8 Å². The molecule has 1 atom stereocenters. The molecular weight excluding hydrogens is 396 g/mol. The highest BCUT2D eigenvalue weighted by molar-refractivity contribution is 7.10. The molecule has 1 saturated heterocycles. The van der Waals surface area contributed by atoms with Gasteiger partial charge in [0, 0.05) is 31.1 Å². The predicted molar refractivity (Wildman–Crippen MR) is 118 cm³/mol. The number of benzene rings is 1. The summed E-state index contributed by atoms with van der Waals surface area (Å²) in [6, 6.07) is 13.2. The van der Waals surface area contributed by atoms with Gasteiger partial charge in [0.15, 0.2) is 5.82 Å². The highest BCUT2D eigenvalue weighted by atomic mass is 32.1. The van der Waals surface area contributed by atoms with Crippen LogP contribution in [-0.2, 0) is 0 Å². The lowest BCUT2D eigenvalue weighted by Crippen LogP contribution is -2.48. The number of tetrazole rings is 1. The van der Waals surface area contributed by atoms with Crippen molar-refractivity contribution in [3.05, 3.63) is 52.5 Å². The summed E-state index contributed by atoms with van der Waals surface area (Å²) in [5, 5.41) is 15.2. The Balaban J connectivity index is 1.39. The van der Waals surface area contributed by atoms with E-state index in [1.165, 1.54) is 36.2 Å². The molecule has 0 bridgehead atoms. The number of methoxy groups -OCH3 is 1. The number of hydrogen-bond donors (Lipinski definition) is 0. The van der Waals surface area contributed by atoms with Gasteiger partial charge in [-0.15, -0.1) is 16.4 Å². The zero-order valence-corrected chi connectivity index (χ0v) is 18.2. The van der Waals surface area contributed by atoms with Crippen LogP contribution in [0, 0.1) is 0 Å². The molecule has 30 heavy (non-hydrogen) atoms. The molecule has 2 aromatic heterocycles. The molecule has 8 heteroatoms. The molecule has 0 N–H and O–H groups in total. The van der Waals surface area contributed by atoms with Crippen molar-refractivity contribution in [3.8, 4) is 5.75 Å². The van der Waals surface area contributed by atoms with E-state index in [1.54, 1.807) is 18.4 Å². The maximum absolute atomic E-state index is 5.58. The lowest BCUT2D eigenvalue weighted by atomic mass is 10.1. The second-order valence-electron chi connectivity index (χ2n) is 8.03. The van der Waals surface area contributed by atoms with Gasteiger partial charge in [-0.05, 0) is 46.8 Å². The Morgan fingerprint density at radius 1 is 1.03 bits per heavy atom. The number of ether oxygens (including phenoxy) is 1. The first-order valence-corrected chi connectivity index (χ1v) is 11.7. The first kappa shape index (κ1) is 19.5. The van der Waals surface area contributed by atoms with Crippen LogP contribution in [0.25, 0.3) is 0 Å². The minimum absolute atomic E-state index is 0.111. The van der Waals surface area contributed by atoms with Crippen LogP contribution in [0.4, 0.5) is 5.69 Å². The number of aromatic nitrogens is 4. The van der Waals surface area contributed by atoms with Gasteiger partial charge < -0.3 is 9.64 Å². The fourth-order valence-corrected chi connectivity index (χ4v) is 5.67. The number of nitrogens with zero attached hydrogens (tertiary/aromatic N) is 6. The topological polar surface area (TPSA) is 59.3 Å². The first-order chi connectivity index (χ1) is 14.8. The minimum Gasteiger partial charge on any atom is -0.495 e. The molecule has 5 rings (SSSR count). The second-order valence-corrected chi connectivity index (χ2v) is 9.01. The monoisotopic (exact) mass is 424 g/mol. The van der Waals surface area contributed by atoms with Gasteiger partial charge in [-0.25, -0.2) is 4.68 Å². The van der Waals surface area contributed by atoms with E-state index in [4.69, 9.17) is 4.74 Å². The number of rotatable bonds is 6. The van der Waals surface area contributed by atoms with Crippen LogP contribution < -0.4 is 9.64 Å². The molecule has 7 nitrogen and oxygen atoms in total. The van der Waals surface area contributed by atoms with Crippen LogP contribution in [0.3, 0.4) is 0 Å². The Bertz CT molecular complexity index is 944. The third-order valence-electron chi connectivity index (χ3n) is 6.35. The third kappa shape index (κ3) is 3.70. The van der Waals surface area contributed by atoms with Gasteiger partial charge in [0.05, 0.1) is 18.8 Å². The van der Waals surface area contributed by atoms with Gasteiger partial charge in [-0.2, -0.15) is 0 Å². The molecule has 0 radical (unpaired) electrons. The average molecular weight is 425 g/mol. The molecule has 0 amide bonds. The lowest BCUT2D eigenvalue weighted by Gasteiger charge is -2.40. The van der Waals surface area contributed by atoms with E-state index in [2.05, 4.69) is 59.7 Å². The molecular formula is C22H28N6OS. The zero-order chi connectivity index (χ0) is 20.3. The molecule has 1 saturated carbocycles. The molecule has 3 aromatic rings. The van der Waals surface area contributed by atoms with E-state index in [1.807, 2.05) is 12.1 Å². The summed E-state index contributed by atoms with van der Waals surface area (Å²) in [6.45, 7) is 3.82. The quantitative estimate of drug-likeness (QED) is 0.600. The Morgan fingerprint density at radius 2 is 1.83 bits per heavy atom. The summed E-state index contributed by atoms with van der Waals surface area (Å²) in [7, 11) is 1.74. The largest absolute Gasteiger partial charge is 0.495 e. The molecule has 158 valence electrons. The fourth-order valence-electron chi connectivity index (χ4n) is 4.82. The molecule has 1 aliphatic carbocycles. The molecule has 2 aliphatic rings. The van der Waals surface area contributed by atoms with Crippen LogP contribution in [0.5, 0.6) is 5.75 Å². The van der Waals surface area contributed by atoms with Crippen LogP contribution in [0.15, 0.2) is 41.8 Å². The highest BCUT2D eigenvalue weighted by Crippen LogP contribution is 2.36. The Morgan fingerprint density at radius 3 is 2.57 bits per heavy atom. The minimum atomic E-state index is 0.111. The van der Waals surface area contributed by atoms with Gasteiger partial charge in [-0.1, -0.05) is 31.0 Å². The van der Waals surface area contributed by atoms with Gasteiger partial charge >= 0.3 is 0 Å². The SMILES string of the molecule is COc1ccccc1N1CCN([C@H](c2cccs2)c2nnnn2C2CCCC2)CC1. The number of piperazine rings is 1. The summed E-state index contributed by atoms with van der Waals surface area (Å²) >= 11 is 1.79. The van der Waals surface area contributed by atoms with Crippen LogP contribution in [-0.4, -0.2) is 58.4 Å². The van der Waals surface area contributed by atoms with Crippen LogP contribution in [0.1, 0.15) is 48.5 Å². The van der Waals surface area contributed by atoms with Crippen molar-refractivity contribution < 1.29 is 4.74 Å². The average Bonchev–Trinajstić information content (AvgIpc) is 3.57. The molecule has 2 fully saturated rings. The predicted octanol–water partition coefficient (Wildman–Crippen LogP) is 3.77. The number of thiophene rings is 1. The molecule has 0 unspecified atom stereocenters. The van der Waals surface area contributed by atoms with E-state index >= 15 is 0 Å². The molecule has 0 spiro atoms. The molecule has 1 aromatic carbocycles. The first-order valence-electron chi connectivity index (χ1n) is 10.8. The molecule has 1 aliphatic heterocycles. The van der Waals surface area contributed by atoms with Crippen LogP contribution in [0.2, 0.25) is 0 Å². The van der Waals surface area contributed by atoms with Gasteiger partial charge in [0.1, 0.15) is 11.8 Å². The summed E-state index contributed by atoms with van der Waals surface area (Å²) in [4.78, 5) is 6.27.